The monoisotopic (exact) mass is 373 g/mol. The molecule has 3 amide bonds. The predicted octanol–water partition coefficient (Wildman–Crippen LogP) is 1.10. The van der Waals surface area contributed by atoms with Crippen molar-refractivity contribution in [1.82, 2.24) is 16.1 Å². The number of carboxylic acid groups (broad SMARTS) is 1. The van der Waals surface area contributed by atoms with Gasteiger partial charge in [0, 0.05) is 10.0 Å². The fourth-order valence-electron chi connectivity index (χ4n) is 1.80. The van der Waals surface area contributed by atoms with E-state index in [-0.39, 0.29) is 5.56 Å². The molecule has 0 fully saturated rings. The highest BCUT2D eigenvalue weighted by Crippen LogP contribution is 2.13. The maximum Gasteiger partial charge on any atom is 0.405 e. The van der Waals surface area contributed by atoms with Gasteiger partial charge in [0.25, 0.3) is 11.8 Å². The van der Waals surface area contributed by atoms with Crippen molar-refractivity contribution in [3.05, 3.63) is 34.3 Å². The molecule has 0 aliphatic rings. The second-order valence-electron chi connectivity index (χ2n) is 5.04. The third-order valence-electron chi connectivity index (χ3n) is 2.91. The van der Waals surface area contributed by atoms with Gasteiger partial charge in [-0.1, -0.05) is 15.9 Å². The van der Waals surface area contributed by atoms with Crippen LogP contribution < -0.4 is 16.1 Å². The Hall–Kier alpha value is -2.13. The number of benzene rings is 1. The fourth-order valence-corrected chi connectivity index (χ4v) is 2.07. The lowest BCUT2D eigenvalue weighted by atomic mass is 9.93. The standard InChI is InChI=1S/C13H16BrN3O5/c1-13(2,16-12(20)21)9(11(19)17-22)15-10(18)7-3-5-8(14)6-4-7/h3-6,9,16,22H,1-2H3,(H,15,18)(H,17,19)(H,20,21). The molecule has 0 aliphatic carbocycles. The first-order valence-corrected chi connectivity index (χ1v) is 6.98. The SMILES string of the molecule is CC(C)(NC(=O)O)C(NC(=O)c1ccc(Br)cc1)C(=O)NO. The Morgan fingerprint density at radius 2 is 1.73 bits per heavy atom. The maximum absolute atomic E-state index is 12.2. The van der Waals surface area contributed by atoms with Crippen LogP contribution in [0.2, 0.25) is 0 Å². The van der Waals surface area contributed by atoms with Crippen molar-refractivity contribution in [2.45, 2.75) is 25.4 Å². The number of rotatable bonds is 5. The fraction of sp³-hybridized carbons (Fsp3) is 0.308. The molecule has 0 saturated carbocycles. The van der Waals surface area contributed by atoms with Crippen molar-refractivity contribution in [1.29, 1.82) is 0 Å². The highest BCUT2D eigenvalue weighted by atomic mass is 79.9. The van der Waals surface area contributed by atoms with E-state index in [1.54, 1.807) is 12.1 Å². The van der Waals surface area contributed by atoms with Crippen LogP contribution in [0.15, 0.2) is 28.7 Å². The Kier molecular flexibility index (Phi) is 5.89. The Balaban J connectivity index is 2.98. The molecule has 1 unspecified atom stereocenters. The predicted molar refractivity (Wildman–Crippen MR) is 80.6 cm³/mol. The van der Waals surface area contributed by atoms with E-state index < -0.39 is 29.5 Å². The highest BCUT2D eigenvalue weighted by Gasteiger charge is 2.38. The minimum Gasteiger partial charge on any atom is -0.465 e. The van der Waals surface area contributed by atoms with Gasteiger partial charge >= 0.3 is 6.09 Å². The van der Waals surface area contributed by atoms with Crippen LogP contribution in [0, 0.1) is 0 Å². The highest BCUT2D eigenvalue weighted by molar-refractivity contribution is 9.10. The van der Waals surface area contributed by atoms with Gasteiger partial charge in [-0.15, -0.1) is 0 Å². The molecule has 8 nitrogen and oxygen atoms in total. The summed E-state index contributed by atoms with van der Waals surface area (Å²) >= 11 is 3.23. The zero-order valence-corrected chi connectivity index (χ0v) is 13.5. The minimum absolute atomic E-state index is 0.282. The summed E-state index contributed by atoms with van der Waals surface area (Å²) in [7, 11) is 0. The quantitative estimate of drug-likeness (QED) is 0.390. The smallest absolute Gasteiger partial charge is 0.405 e. The summed E-state index contributed by atoms with van der Waals surface area (Å²) in [6.45, 7) is 2.81. The Morgan fingerprint density at radius 3 is 2.18 bits per heavy atom. The number of carbonyl (C=O) groups excluding carboxylic acids is 2. The van der Waals surface area contributed by atoms with Gasteiger partial charge < -0.3 is 15.7 Å². The van der Waals surface area contributed by atoms with Gasteiger partial charge in [-0.2, -0.15) is 0 Å². The van der Waals surface area contributed by atoms with E-state index in [9.17, 15) is 14.4 Å². The number of hydrogen-bond donors (Lipinski definition) is 5. The Morgan fingerprint density at radius 1 is 1.18 bits per heavy atom. The Labute approximate surface area is 135 Å². The molecule has 1 aromatic rings. The third-order valence-corrected chi connectivity index (χ3v) is 3.43. The molecule has 1 atom stereocenters. The molecule has 0 spiro atoms. The van der Waals surface area contributed by atoms with Crippen molar-refractivity contribution < 1.29 is 24.7 Å². The van der Waals surface area contributed by atoms with Crippen molar-refractivity contribution in [3.8, 4) is 0 Å². The van der Waals surface area contributed by atoms with Gasteiger partial charge in [-0.05, 0) is 38.1 Å². The van der Waals surface area contributed by atoms with E-state index in [1.165, 1.54) is 31.5 Å². The van der Waals surface area contributed by atoms with Gasteiger partial charge in [0.2, 0.25) is 0 Å². The lowest BCUT2D eigenvalue weighted by Crippen LogP contribution is -2.64. The van der Waals surface area contributed by atoms with Crippen LogP contribution in [0.3, 0.4) is 0 Å². The first-order chi connectivity index (χ1) is 10.2. The van der Waals surface area contributed by atoms with Gasteiger partial charge in [-0.3, -0.25) is 14.8 Å². The number of hydrogen-bond acceptors (Lipinski definition) is 4. The van der Waals surface area contributed by atoms with Gasteiger partial charge in [0.1, 0.15) is 6.04 Å². The maximum atomic E-state index is 12.2. The molecule has 5 N–H and O–H groups in total. The van der Waals surface area contributed by atoms with Crippen molar-refractivity contribution in [3.63, 3.8) is 0 Å². The first kappa shape index (κ1) is 17.9. The van der Waals surface area contributed by atoms with E-state index in [0.717, 1.165) is 4.47 Å². The summed E-state index contributed by atoms with van der Waals surface area (Å²) < 4.78 is 0.779. The second-order valence-corrected chi connectivity index (χ2v) is 5.96. The molecule has 0 saturated heterocycles. The molecule has 0 aliphatic heterocycles. The summed E-state index contributed by atoms with van der Waals surface area (Å²) in [5.74, 6) is -1.52. The van der Waals surface area contributed by atoms with E-state index in [1.807, 2.05) is 0 Å². The zero-order valence-electron chi connectivity index (χ0n) is 11.9. The van der Waals surface area contributed by atoms with Gasteiger partial charge in [0.15, 0.2) is 0 Å². The molecule has 1 aromatic carbocycles. The number of amides is 3. The number of carbonyl (C=O) groups is 3. The third kappa shape index (κ3) is 4.71. The summed E-state index contributed by atoms with van der Waals surface area (Å²) in [5, 5.41) is 22.1. The zero-order chi connectivity index (χ0) is 16.9. The summed E-state index contributed by atoms with van der Waals surface area (Å²) in [6, 6.07) is 5.05. The van der Waals surface area contributed by atoms with Crippen LogP contribution in [0.4, 0.5) is 4.79 Å². The van der Waals surface area contributed by atoms with E-state index in [2.05, 4.69) is 26.6 Å². The first-order valence-electron chi connectivity index (χ1n) is 6.19. The lowest BCUT2D eigenvalue weighted by molar-refractivity contribution is -0.132. The van der Waals surface area contributed by atoms with Crippen LogP contribution in [0.25, 0.3) is 0 Å². The molecule has 0 heterocycles. The van der Waals surface area contributed by atoms with Crippen LogP contribution in [0.5, 0.6) is 0 Å². The van der Waals surface area contributed by atoms with Gasteiger partial charge in [-0.25, -0.2) is 10.3 Å². The van der Waals surface area contributed by atoms with E-state index in [4.69, 9.17) is 10.3 Å². The number of halogens is 1. The van der Waals surface area contributed by atoms with Crippen LogP contribution in [0.1, 0.15) is 24.2 Å². The Bertz CT molecular complexity index is 574. The van der Waals surface area contributed by atoms with Crippen LogP contribution in [-0.2, 0) is 4.79 Å². The minimum atomic E-state index is -1.36. The molecule has 0 aromatic heterocycles. The molecule has 120 valence electrons. The van der Waals surface area contributed by atoms with Crippen molar-refractivity contribution in [2.24, 2.45) is 0 Å². The molecule has 22 heavy (non-hydrogen) atoms. The van der Waals surface area contributed by atoms with Crippen LogP contribution >= 0.6 is 15.9 Å². The number of nitrogens with one attached hydrogen (secondary N) is 3. The lowest BCUT2D eigenvalue weighted by Gasteiger charge is -2.33. The summed E-state index contributed by atoms with van der Waals surface area (Å²) in [4.78, 5) is 34.7. The largest absolute Gasteiger partial charge is 0.465 e. The molecule has 0 bridgehead atoms. The van der Waals surface area contributed by atoms with Gasteiger partial charge in [0.05, 0.1) is 5.54 Å². The van der Waals surface area contributed by atoms with Crippen molar-refractivity contribution >= 4 is 33.8 Å². The second kappa shape index (κ2) is 7.23. The van der Waals surface area contributed by atoms with E-state index >= 15 is 0 Å². The normalized spacial score (nSPS) is 12.2. The topological polar surface area (TPSA) is 128 Å². The average Bonchev–Trinajstić information content (AvgIpc) is 2.42. The molecule has 9 heteroatoms. The van der Waals surface area contributed by atoms with E-state index in [0.29, 0.717) is 0 Å². The number of hydroxylamine groups is 1. The van der Waals surface area contributed by atoms with Crippen molar-refractivity contribution in [2.75, 3.05) is 0 Å². The van der Waals surface area contributed by atoms with Crippen LogP contribution in [-0.4, -0.2) is 39.8 Å². The summed E-state index contributed by atoms with van der Waals surface area (Å²) in [6.07, 6.45) is -1.36. The summed E-state index contributed by atoms with van der Waals surface area (Å²) in [5.41, 5.74) is 0.355. The molecule has 1 rings (SSSR count). The average molecular weight is 374 g/mol. The molecular formula is C13H16BrN3O5. The molecular weight excluding hydrogens is 358 g/mol. The molecule has 0 radical (unpaired) electrons.